The zero-order valence-corrected chi connectivity index (χ0v) is 18.5. The number of carbonyl (C=O) groups is 1. The molecule has 4 rings (SSSR count). The van der Waals surface area contributed by atoms with E-state index in [-0.39, 0.29) is 23.8 Å². The minimum Gasteiger partial charge on any atom is -0.492 e. The molecule has 2 aromatic carbocycles. The highest BCUT2D eigenvalue weighted by Gasteiger charge is 2.33. The lowest BCUT2D eigenvalue weighted by atomic mass is 10.1. The number of fused-ring (bicyclic) bond motifs is 1. The van der Waals surface area contributed by atoms with Gasteiger partial charge in [-0.05, 0) is 50.7 Å². The van der Waals surface area contributed by atoms with Crippen molar-refractivity contribution in [2.45, 2.75) is 37.9 Å². The topological polar surface area (TPSA) is 36.0 Å². The number of benzene rings is 2. The molecule has 0 bridgehead atoms. The molecular weight excluding hydrogens is 393 g/mol. The van der Waals surface area contributed by atoms with E-state index >= 15 is 0 Å². The maximum absolute atomic E-state index is 13.2. The van der Waals surface area contributed by atoms with Crippen LogP contribution in [0.15, 0.2) is 48.5 Å². The molecule has 0 aromatic heterocycles. The zero-order valence-electron chi connectivity index (χ0n) is 18.5. The molecule has 2 aliphatic rings. The van der Waals surface area contributed by atoms with E-state index in [1.54, 1.807) is 12.1 Å². The van der Waals surface area contributed by atoms with E-state index in [1.165, 1.54) is 17.7 Å². The molecule has 0 spiro atoms. The summed E-state index contributed by atoms with van der Waals surface area (Å²) in [5, 5.41) is 0. The lowest BCUT2D eigenvalue weighted by Crippen LogP contribution is -2.50. The molecule has 0 radical (unpaired) electrons. The fraction of sp³-hybridized carbons (Fsp3) is 0.480. The molecule has 1 amide bonds. The van der Waals surface area contributed by atoms with Crippen LogP contribution >= 0.6 is 0 Å². The quantitative estimate of drug-likeness (QED) is 0.712. The average Bonchev–Trinajstić information content (AvgIpc) is 3.14. The van der Waals surface area contributed by atoms with E-state index < -0.39 is 0 Å². The molecule has 1 fully saturated rings. The molecule has 0 N–H and O–H groups in total. The molecule has 2 aromatic rings. The van der Waals surface area contributed by atoms with Crippen molar-refractivity contribution in [1.29, 1.82) is 0 Å². The summed E-state index contributed by atoms with van der Waals surface area (Å²) in [6.07, 6.45) is 2.37. The van der Waals surface area contributed by atoms with Gasteiger partial charge >= 0.3 is 0 Å². The van der Waals surface area contributed by atoms with E-state index in [1.807, 2.05) is 17.0 Å². The smallest absolute Gasteiger partial charge is 0.227 e. The Morgan fingerprint density at radius 3 is 2.68 bits per heavy atom. The molecule has 166 valence electrons. The fourth-order valence-electron chi connectivity index (χ4n) is 4.72. The number of carbonyl (C=O) groups excluding carboxylic acids is 1. The van der Waals surface area contributed by atoms with Crippen LogP contribution in [-0.2, 0) is 17.8 Å². The molecule has 2 aliphatic heterocycles. The van der Waals surface area contributed by atoms with Gasteiger partial charge in [0.05, 0.1) is 12.5 Å². The number of hydrogen-bond donors (Lipinski definition) is 0. The molecule has 2 unspecified atom stereocenters. The summed E-state index contributed by atoms with van der Waals surface area (Å²) < 4.78 is 19.3. The normalized spacial score (nSPS) is 21.6. The Morgan fingerprint density at radius 2 is 1.90 bits per heavy atom. The van der Waals surface area contributed by atoms with E-state index in [4.69, 9.17) is 4.74 Å². The Morgan fingerprint density at radius 1 is 1.13 bits per heavy atom. The van der Waals surface area contributed by atoms with Crippen LogP contribution in [-0.4, -0.2) is 73.0 Å². The van der Waals surface area contributed by atoms with Crippen LogP contribution in [0.2, 0.25) is 0 Å². The van der Waals surface area contributed by atoms with Gasteiger partial charge in [-0.3, -0.25) is 9.69 Å². The third kappa shape index (κ3) is 5.43. The lowest BCUT2D eigenvalue weighted by molar-refractivity contribution is -0.131. The van der Waals surface area contributed by atoms with Crippen LogP contribution in [0.3, 0.4) is 0 Å². The van der Waals surface area contributed by atoms with Gasteiger partial charge in [-0.2, -0.15) is 0 Å². The Balaban J connectivity index is 1.47. The van der Waals surface area contributed by atoms with Crippen LogP contribution in [0.25, 0.3) is 0 Å². The number of ether oxygens (including phenoxy) is 1. The van der Waals surface area contributed by atoms with Crippen LogP contribution in [0.1, 0.15) is 24.0 Å². The predicted octanol–water partition coefficient (Wildman–Crippen LogP) is 3.18. The number of likely N-dealkylation sites (tertiary alicyclic amines) is 1. The number of likely N-dealkylation sites (N-methyl/N-ethyl adjacent to an activating group) is 1. The van der Waals surface area contributed by atoms with Gasteiger partial charge in [-0.15, -0.1) is 0 Å². The maximum Gasteiger partial charge on any atom is 0.227 e. The zero-order chi connectivity index (χ0) is 21.8. The van der Waals surface area contributed by atoms with Crippen LogP contribution in [0.5, 0.6) is 5.75 Å². The maximum atomic E-state index is 13.2. The number of halogens is 1. The highest BCUT2D eigenvalue weighted by atomic mass is 19.1. The highest BCUT2D eigenvalue weighted by Crippen LogP contribution is 2.27. The average molecular weight is 426 g/mol. The number of nitrogens with zero attached hydrogens (tertiary/aromatic N) is 3. The van der Waals surface area contributed by atoms with Crippen LogP contribution < -0.4 is 4.74 Å². The first-order chi connectivity index (χ1) is 15.0. The van der Waals surface area contributed by atoms with Crippen molar-refractivity contribution in [3.63, 3.8) is 0 Å². The molecule has 0 saturated carbocycles. The van der Waals surface area contributed by atoms with Gasteiger partial charge in [0.15, 0.2) is 0 Å². The molecule has 1 saturated heterocycles. The second-order valence-corrected chi connectivity index (χ2v) is 8.95. The van der Waals surface area contributed by atoms with E-state index in [2.05, 4.69) is 36.0 Å². The van der Waals surface area contributed by atoms with Gasteiger partial charge < -0.3 is 14.5 Å². The molecule has 2 atom stereocenters. The highest BCUT2D eigenvalue weighted by molar-refractivity contribution is 5.79. The Kier molecular flexibility index (Phi) is 6.88. The minimum absolute atomic E-state index is 0.129. The molecule has 0 aliphatic carbocycles. The van der Waals surface area contributed by atoms with Gasteiger partial charge in [0.25, 0.3) is 0 Å². The third-order valence-corrected chi connectivity index (χ3v) is 6.28. The van der Waals surface area contributed by atoms with Gasteiger partial charge in [0, 0.05) is 37.8 Å². The lowest BCUT2D eigenvalue weighted by Gasteiger charge is -2.35. The van der Waals surface area contributed by atoms with Crippen LogP contribution in [0, 0.1) is 5.82 Å². The first-order valence-corrected chi connectivity index (χ1v) is 11.1. The van der Waals surface area contributed by atoms with E-state index in [0.717, 1.165) is 50.3 Å². The summed E-state index contributed by atoms with van der Waals surface area (Å²) in [6.45, 7) is 4.01. The largest absolute Gasteiger partial charge is 0.492 e. The van der Waals surface area contributed by atoms with Crippen molar-refractivity contribution in [1.82, 2.24) is 14.7 Å². The Labute approximate surface area is 184 Å². The van der Waals surface area contributed by atoms with Gasteiger partial charge in [0.1, 0.15) is 18.2 Å². The first kappa shape index (κ1) is 21.8. The Bertz CT molecular complexity index is 887. The summed E-state index contributed by atoms with van der Waals surface area (Å²) in [7, 11) is 4.18. The van der Waals surface area contributed by atoms with Crippen molar-refractivity contribution < 1.29 is 13.9 Å². The summed E-state index contributed by atoms with van der Waals surface area (Å²) in [4.78, 5) is 19.8. The number of hydrogen-bond acceptors (Lipinski definition) is 4. The van der Waals surface area contributed by atoms with E-state index in [9.17, 15) is 9.18 Å². The predicted molar refractivity (Wildman–Crippen MR) is 120 cm³/mol. The second kappa shape index (κ2) is 9.79. The van der Waals surface area contributed by atoms with Crippen molar-refractivity contribution in [3.05, 3.63) is 65.5 Å². The number of rotatable bonds is 6. The number of amides is 1. The van der Waals surface area contributed by atoms with Gasteiger partial charge in [-0.25, -0.2) is 4.39 Å². The molecule has 2 heterocycles. The minimum atomic E-state index is -0.272. The van der Waals surface area contributed by atoms with E-state index in [0.29, 0.717) is 13.0 Å². The molecule has 6 heteroatoms. The monoisotopic (exact) mass is 425 g/mol. The van der Waals surface area contributed by atoms with Crippen molar-refractivity contribution >= 4 is 5.91 Å². The number of para-hydroxylation sites is 1. The second-order valence-electron chi connectivity index (χ2n) is 8.95. The third-order valence-electron chi connectivity index (χ3n) is 6.28. The van der Waals surface area contributed by atoms with Crippen LogP contribution in [0.4, 0.5) is 4.39 Å². The standard InChI is InChI=1S/C25H32FN3O2/c1-27(2)16-23-18-31-24-8-4-3-6-20(24)15-28(23)17-22-7-5-13-29(22)25(30)14-19-9-11-21(26)12-10-19/h3-4,6,8-12,22-23H,5,7,13-18H2,1-2H3. The summed E-state index contributed by atoms with van der Waals surface area (Å²) in [5.41, 5.74) is 2.06. The van der Waals surface area contributed by atoms with Crippen molar-refractivity contribution in [2.24, 2.45) is 0 Å². The molecular formula is C25H32FN3O2. The summed E-state index contributed by atoms with van der Waals surface area (Å²) in [5.74, 6) is 0.819. The molecule has 5 nitrogen and oxygen atoms in total. The van der Waals surface area contributed by atoms with Crippen molar-refractivity contribution in [3.8, 4) is 5.75 Å². The van der Waals surface area contributed by atoms with Gasteiger partial charge in [0.2, 0.25) is 5.91 Å². The Hall–Kier alpha value is -2.44. The summed E-state index contributed by atoms with van der Waals surface area (Å²) >= 11 is 0. The molecule has 31 heavy (non-hydrogen) atoms. The fourth-order valence-corrected chi connectivity index (χ4v) is 4.72. The SMILES string of the molecule is CN(C)CC1COc2ccccc2CN1CC1CCCN1C(=O)Cc1ccc(F)cc1. The van der Waals surface area contributed by atoms with Crippen molar-refractivity contribution in [2.75, 3.05) is 40.3 Å². The summed E-state index contributed by atoms with van der Waals surface area (Å²) in [6, 6.07) is 15.0. The first-order valence-electron chi connectivity index (χ1n) is 11.1. The van der Waals surface area contributed by atoms with Gasteiger partial charge in [-0.1, -0.05) is 30.3 Å².